The Balaban J connectivity index is 4.49. The molecule has 0 aliphatic carbocycles. The number of hydrogen-bond donors (Lipinski definition) is 2. The zero-order chi connectivity index (χ0) is 9.23. The van der Waals surface area contributed by atoms with Gasteiger partial charge in [0.25, 0.3) is 0 Å². The lowest BCUT2D eigenvalue weighted by Gasteiger charge is -2.32. The first-order valence-electron chi connectivity index (χ1n) is 3.51. The Morgan fingerprint density at radius 1 is 1.45 bits per heavy atom. The highest BCUT2D eigenvalue weighted by molar-refractivity contribution is 5.81. The van der Waals surface area contributed by atoms with Crippen molar-refractivity contribution in [1.82, 2.24) is 4.90 Å². The molecule has 0 bridgehead atoms. The van der Waals surface area contributed by atoms with Crippen LogP contribution < -0.4 is 11.5 Å². The fraction of sp³-hybridized carbons (Fsp3) is 0.857. The van der Waals surface area contributed by atoms with Crippen LogP contribution in [0.2, 0.25) is 0 Å². The normalized spacial score (nSPS) is 15.1. The number of hydrogen-bond acceptors (Lipinski definition) is 3. The lowest BCUT2D eigenvalue weighted by Crippen LogP contribution is -2.58. The van der Waals surface area contributed by atoms with Gasteiger partial charge in [0, 0.05) is 5.54 Å². The van der Waals surface area contributed by atoms with E-state index in [1.54, 1.807) is 32.8 Å². The smallest absolute Gasteiger partial charge is 0.236 e. The van der Waals surface area contributed by atoms with Gasteiger partial charge in [-0.2, -0.15) is 0 Å². The van der Waals surface area contributed by atoms with Crippen LogP contribution in [0.1, 0.15) is 13.8 Å². The van der Waals surface area contributed by atoms with Gasteiger partial charge in [0.2, 0.25) is 5.91 Å². The number of rotatable bonds is 3. The standard InChI is InChI=1S/C7H17N3O/c1-7(2,9)5(6(8)11)10(3)4/h5H,9H2,1-4H3,(H2,8,11)/t5-/m1/s1. The Morgan fingerprint density at radius 3 is 1.82 bits per heavy atom. The summed E-state index contributed by atoms with van der Waals surface area (Å²) in [6.45, 7) is 3.56. The first kappa shape index (κ1) is 10.4. The lowest BCUT2D eigenvalue weighted by atomic mass is 9.94. The van der Waals surface area contributed by atoms with Crippen molar-refractivity contribution in [3.05, 3.63) is 0 Å². The van der Waals surface area contributed by atoms with Gasteiger partial charge in [-0.05, 0) is 27.9 Å². The maximum absolute atomic E-state index is 10.9. The Kier molecular flexibility index (Phi) is 3.02. The SMILES string of the molecule is CN(C)[C@H](C(N)=O)C(C)(C)N. The zero-order valence-corrected chi connectivity index (χ0v) is 7.59. The van der Waals surface area contributed by atoms with Crippen LogP contribution in [0.15, 0.2) is 0 Å². The third-order valence-corrected chi connectivity index (χ3v) is 1.49. The van der Waals surface area contributed by atoms with E-state index >= 15 is 0 Å². The first-order chi connectivity index (χ1) is 4.76. The minimum atomic E-state index is -0.588. The molecule has 0 aromatic rings. The molecule has 0 rings (SSSR count). The monoisotopic (exact) mass is 159 g/mol. The molecule has 0 saturated carbocycles. The van der Waals surface area contributed by atoms with Crippen molar-refractivity contribution in [2.75, 3.05) is 14.1 Å². The van der Waals surface area contributed by atoms with Gasteiger partial charge >= 0.3 is 0 Å². The molecule has 1 amide bonds. The predicted molar refractivity (Wildman–Crippen MR) is 44.9 cm³/mol. The molecule has 0 spiro atoms. The van der Waals surface area contributed by atoms with Crippen molar-refractivity contribution in [1.29, 1.82) is 0 Å². The molecule has 0 aromatic carbocycles. The Morgan fingerprint density at radius 2 is 1.82 bits per heavy atom. The Bertz CT molecular complexity index is 148. The summed E-state index contributed by atoms with van der Waals surface area (Å²) in [6, 6.07) is -0.414. The number of amides is 1. The summed E-state index contributed by atoms with van der Waals surface area (Å²) >= 11 is 0. The Hall–Kier alpha value is -0.610. The second-order valence-corrected chi connectivity index (χ2v) is 3.59. The van der Waals surface area contributed by atoms with Crippen LogP contribution in [0.3, 0.4) is 0 Å². The molecule has 0 radical (unpaired) electrons. The van der Waals surface area contributed by atoms with E-state index in [1.807, 2.05) is 0 Å². The van der Waals surface area contributed by atoms with Crippen LogP contribution >= 0.6 is 0 Å². The third kappa shape index (κ3) is 2.86. The summed E-state index contributed by atoms with van der Waals surface area (Å²) in [5.74, 6) is -0.387. The van der Waals surface area contributed by atoms with Gasteiger partial charge in [0.15, 0.2) is 0 Å². The first-order valence-corrected chi connectivity index (χ1v) is 3.51. The zero-order valence-electron chi connectivity index (χ0n) is 7.59. The molecule has 0 heterocycles. The number of nitrogens with two attached hydrogens (primary N) is 2. The number of carbonyl (C=O) groups is 1. The average Bonchev–Trinajstić information content (AvgIpc) is 1.54. The van der Waals surface area contributed by atoms with Crippen LogP contribution in [0.4, 0.5) is 0 Å². The topological polar surface area (TPSA) is 72.3 Å². The van der Waals surface area contributed by atoms with Crippen molar-refractivity contribution in [3.8, 4) is 0 Å². The fourth-order valence-corrected chi connectivity index (χ4v) is 1.29. The maximum Gasteiger partial charge on any atom is 0.236 e. The van der Waals surface area contributed by atoms with Gasteiger partial charge in [-0.25, -0.2) is 0 Å². The van der Waals surface area contributed by atoms with E-state index in [1.165, 1.54) is 0 Å². The second-order valence-electron chi connectivity index (χ2n) is 3.59. The molecule has 11 heavy (non-hydrogen) atoms. The Labute approximate surface area is 67.5 Å². The van der Waals surface area contributed by atoms with Gasteiger partial charge in [-0.3, -0.25) is 9.69 Å². The second kappa shape index (κ2) is 3.19. The van der Waals surface area contributed by atoms with E-state index in [0.717, 1.165) is 0 Å². The largest absolute Gasteiger partial charge is 0.368 e. The molecular formula is C7H17N3O. The van der Waals surface area contributed by atoms with Crippen molar-refractivity contribution >= 4 is 5.91 Å². The molecule has 0 fully saturated rings. The van der Waals surface area contributed by atoms with Gasteiger partial charge in [0.05, 0.1) is 0 Å². The summed E-state index contributed by atoms with van der Waals surface area (Å²) in [7, 11) is 3.56. The average molecular weight is 159 g/mol. The molecule has 0 saturated heterocycles. The number of carbonyl (C=O) groups excluding carboxylic acids is 1. The molecule has 1 atom stereocenters. The van der Waals surface area contributed by atoms with Crippen LogP contribution in [-0.2, 0) is 4.79 Å². The lowest BCUT2D eigenvalue weighted by molar-refractivity contribution is -0.124. The van der Waals surface area contributed by atoms with E-state index in [0.29, 0.717) is 0 Å². The van der Waals surface area contributed by atoms with E-state index in [-0.39, 0.29) is 5.91 Å². The summed E-state index contributed by atoms with van der Waals surface area (Å²) in [6.07, 6.45) is 0. The van der Waals surface area contributed by atoms with Crippen LogP contribution in [0.5, 0.6) is 0 Å². The third-order valence-electron chi connectivity index (χ3n) is 1.49. The van der Waals surface area contributed by atoms with Gasteiger partial charge in [-0.1, -0.05) is 0 Å². The summed E-state index contributed by atoms with van der Waals surface area (Å²) < 4.78 is 0. The van der Waals surface area contributed by atoms with Crippen molar-refractivity contribution in [2.24, 2.45) is 11.5 Å². The fourth-order valence-electron chi connectivity index (χ4n) is 1.29. The molecule has 4 nitrogen and oxygen atoms in total. The summed E-state index contributed by atoms with van der Waals surface area (Å²) in [5, 5.41) is 0. The van der Waals surface area contributed by atoms with Gasteiger partial charge < -0.3 is 11.5 Å². The number of likely N-dealkylation sites (N-methyl/N-ethyl adjacent to an activating group) is 1. The molecule has 66 valence electrons. The predicted octanol–water partition coefficient (Wildman–Crippen LogP) is -0.861. The molecule has 4 N–H and O–H groups in total. The van der Waals surface area contributed by atoms with E-state index in [4.69, 9.17) is 11.5 Å². The number of nitrogens with zero attached hydrogens (tertiary/aromatic N) is 1. The van der Waals surface area contributed by atoms with Crippen LogP contribution in [-0.4, -0.2) is 36.5 Å². The van der Waals surface area contributed by atoms with Crippen molar-refractivity contribution < 1.29 is 4.79 Å². The van der Waals surface area contributed by atoms with Gasteiger partial charge in [-0.15, -0.1) is 0 Å². The van der Waals surface area contributed by atoms with Crippen molar-refractivity contribution in [2.45, 2.75) is 25.4 Å². The highest BCUT2D eigenvalue weighted by atomic mass is 16.1. The van der Waals surface area contributed by atoms with E-state index < -0.39 is 11.6 Å². The van der Waals surface area contributed by atoms with E-state index in [9.17, 15) is 4.79 Å². The summed E-state index contributed by atoms with van der Waals surface area (Å²) in [5.41, 5.74) is 10.3. The molecule has 0 aliphatic rings. The molecular weight excluding hydrogens is 142 g/mol. The summed E-state index contributed by atoms with van der Waals surface area (Å²) in [4.78, 5) is 12.6. The minimum Gasteiger partial charge on any atom is -0.368 e. The van der Waals surface area contributed by atoms with Crippen molar-refractivity contribution in [3.63, 3.8) is 0 Å². The van der Waals surface area contributed by atoms with E-state index in [2.05, 4.69) is 0 Å². The van der Waals surface area contributed by atoms with Crippen LogP contribution in [0.25, 0.3) is 0 Å². The quantitative estimate of drug-likeness (QED) is 0.563. The highest BCUT2D eigenvalue weighted by Crippen LogP contribution is 2.08. The molecule has 0 aliphatic heterocycles. The minimum absolute atomic E-state index is 0.387. The molecule has 0 unspecified atom stereocenters. The highest BCUT2D eigenvalue weighted by Gasteiger charge is 2.31. The molecule has 0 aromatic heterocycles. The van der Waals surface area contributed by atoms with Gasteiger partial charge in [0.1, 0.15) is 6.04 Å². The maximum atomic E-state index is 10.9. The number of primary amides is 1. The molecule has 4 heteroatoms. The van der Waals surface area contributed by atoms with Crippen LogP contribution in [0, 0.1) is 0 Å².